The van der Waals surface area contributed by atoms with E-state index in [-0.39, 0.29) is 22.6 Å². The van der Waals surface area contributed by atoms with E-state index in [0.29, 0.717) is 5.69 Å². The van der Waals surface area contributed by atoms with Gasteiger partial charge in [-0.05, 0) is 17.7 Å². The maximum absolute atomic E-state index is 12.3. The zero-order valence-electron chi connectivity index (χ0n) is 15.0. The Morgan fingerprint density at radius 3 is 2.30 bits per heavy atom. The third kappa shape index (κ3) is 4.82. The van der Waals surface area contributed by atoms with Crippen molar-refractivity contribution in [3.63, 3.8) is 0 Å². The summed E-state index contributed by atoms with van der Waals surface area (Å²) in [6.07, 6.45) is 1.36. The summed E-state index contributed by atoms with van der Waals surface area (Å²) in [6.45, 7) is 0. The van der Waals surface area contributed by atoms with Crippen LogP contribution in [0.15, 0.2) is 60.8 Å². The third-order valence-corrected chi connectivity index (χ3v) is 5.09. The molecule has 0 spiro atoms. The Bertz CT molecular complexity index is 1240. The average Bonchev–Trinajstić information content (AvgIpc) is 3.18. The van der Waals surface area contributed by atoms with Gasteiger partial charge in [0.25, 0.3) is 17.3 Å². The number of rotatable bonds is 7. The van der Waals surface area contributed by atoms with Crippen molar-refractivity contribution in [2.75, 3.05) is 0 Å². The number of hydrogen-bond acceptors (Lipinski definition) is 8. The van der Waals surface area contributed by atoms with Crippen molar-refractivity contribution in [3.8, 4) is 5.69 Å². The van der Waals surface area contributed by atoms with E-state index in [1.165, 1.54) is 53.3 Å². The Labute approximate surface area is 169 Å². The molecule has 3 rings (SSSR count). The van der Waals surface area contributed by atoms with E-state index in [2.05, 4.69) is 5.10 Å². The summed E-state index contributed by atoms with van der Waals surface area (Å²) in [7, 11) is -4.10. The summed E-state index contributed by atoms with van der Waals surface area (Å²) >= 11 is 0. The summed E-state index contributed by atoms with van der Waals surface area (Å²) in [5, 5.41) is 25.5. The summed E-state index contributed by atoms with van der Waals surface area (Å²) in [5.74, 6) is -1.55. The molecule has 12 nitrogen and oxygen atoms in total. The minimum absolute atomic E-state index is 0.167. The zero-order chi connectivity index (χ0) is 21.9. The molecule has 0 unspecified atom stereocenters. The number of aromatic nitrogens is 2. The molecular formula is C17H13N5O7S. The van der Waals surface area contributed by atoms with E-state index >= 15 is 0 Å². The number of amides is 1. The molecule has 30 heavy (non-hydrogen) atoms. The highest BCUT2D eigenvalue weighted by Gasteiger charge is 2.20. The van der Waals surface area contributed by atoms with Gasteiger partial charge in [-0.15, -0.1) is 0 Å². The van der Waals surface area contributed by atoms with Crippen molar-refractivity contribution in [2.24, 2.45) is 0 Å². The van der Waals surface area contributed by atoms with Gasteiger partial charge >= 0.3 is 0 Å². The van der Waals surface area contributed by atoms with Gasteiger partial charge in [0.2, 0.25) is 10.0 Å². The Hall–Kier alpha value is -4.13. The fourth-order valence-corrected chi connectivity index (χ4v) is 3.59. The predicted octanol–water partition coefficient (Wildman–Crippen LogP) is 1.95. The molecule has 1 N–H and O–H groups in total. The van der Waals surface area contributed by atoms with Crippen LogP contribution in [0.25, 0.3) is 5.69 Å². The first-order valence-electron chi connectivity index (χ1n) is 8.23. The van der Waals surface area contributed by atoms with Gasteiger partial charge in [-0.25, -0.2) is 17.8 Å². The van der Waals surface area contributed by atoms with Crippen LogP contribution >= 0.6 is 0 Å². The van der Waals surface area contributed by atoms with Crippen LogP contribution in [0.3, 0.4) is 0 Å². The topological polar surface area (TPSA) is 167 Å². The minimum Gasteiger partial charge on any atom is -0.266 e. The third-order valence-electron chi connectivity index (χ3n) is 3.88. The first-order valence-corrected chi connectivity index (χ1v) is 9.88. The first-order chi connectivity index (χ1) is 14.1. The highest BCUT2D eigenvalue weighted by atomic mass is 32.2. The van der Waals surface area contributed by atoms with E-state index < -0.39 is 31.5 Å². The lowest BCUT2D eigenvalue weighted by molar-refractivity contribution is -0.385. The highest BCUT2D eigenvalue weighted by molar-refractivity contribution is 7.89. The van der Waals surface area contributed by atoms with Gasteiger partial charge in [-0.3, -0.25) is 25.0 Å². The second-order valence-corrected chi connectivity index (χ2v) is 7.76. The number of nitro groups is 2. The molecule has 0 saturated heterocycles. The van der Waals surface area contributed by atoms with E-state index in [4.69, 9.17) is 0 Å². The predicted molar refractivity (Wildman–Crippen MR) is 103 cm³/mol. The van der Waals surface area contributed by atoms with Crippen molar-refractivity contribution in [1.29, 1.82) is 0 Å². The quantitative estimate of drug-likeness (QED) is 0.437. The number of sulfonamides is 1. The van der Waals surface area contributed by atoms with Crippen molar-refractivity contribution in [2.45, 2.75) is 5.75 Å². The largest absolute Gasteiger partial charge is 0.285 e. The fourth-order valence-electron chi connectivity index (χ4n) is 2.50. The fraction of sp³-hybridized carbons (Fsp3) is 0.0588. The molecule has 0 atom stereocenters. The van der Waals surface area contributed by atoms with Crippen molar-refractivity contribution in [3.05, 3.63) is 92.3 Å². The molecule has 0 radical (unpaired) electrons. The number of nitrogens with zero attached hydrogens (tertiary/aromatic N) is 4. The smallest absolute Gasteiger partial charge is 0.266 e. The number of hydrogen-bond donors (Lipinski definition) is 1. The Kier molecular flexibility index (Phi) is 5.55. The lowest BCUT2D eigenvalue weighted by Crippen LogP contribution is -2.32. The Morgan fingerprint density at radius 1 is 1.00 bits per heavy atom. The first kappa shape index (κ1) is 20.6. The number of carbonyl (C=O) groups is 1. The van der Waals surface area contributed by atoms with Crippen LogP contribution in [0.1, 0.15) is 16.1 Å². The lowest BCUT2D eigenvalue weighted by atomic mass is 10.2. The molecule has 0 bridgehead atoms. The molecule has 3 aromatic rings. The summed E-state index contributed by atoms with van der Waals surface area (Å²) in [4.78, 5) is 32.6. The maximum atomic E-state index is 12.3. The number of non-ortho nitro benzene ring substituents is 2. The van der Waals surface area contributed by atoms with Gasteiger partial charge in [0.1, 0.15) is 0 Å². The van der Waals surface area contributed by atoms with Gasteiger partial charge < -0.3 is 0 Å². The van der Waals surface area contributed by atoms with Crippen molar-refractivity contribution < 1.29 is 23.1 Å². The number of nitro benzene ring substituents is 2. The summed E-state index contributed by atoms with van der Waals surface area (Å²) < 4.78 is 27.5. The van der Waals surface area contributed by atoms with Crippen LogP contribution < -0.4 is 4.72 Å². The monoisotopic (exact) mass is 431 g/mol. The van der Waals surface area contributed by atoms with Crippen LogP contribution in [0.4, 0.5) is 11.4 Å². The molecule has 0 fully saturated rings. The number of nitrogens with one attached hydrogen (secondary N) is 1. The van der Waals surface area contributed by atoms with Crippen LogP contribution in [0, 0.1) is 20.2 Å². The molecular weight excluding hydrogens is 418 g/mol. The molecule has 2 aromatic carbocycles. The normalized spacial score (nSPS) is 11.1. The standard InChI is InChI=1S/C17H13N5O7S/c23-17(19-30(28,29)11-12-4-6-13(7-5-12)21(24)25)16-8-9-20(18-16)14-2-1-3-15(10-14)22(26)27/h1-10H,11H2,(H,19,23). The zero-order valence-corrected chi connectivity index (χ0v) is 15.9. The second kappa shape index (κ2) is 8.08. The highest BCUT2D eigenvalue weighted by Crippen LogP contribution is 2.17. The van der Waals surface area contributed by atoms with E-state index in [0.717, 1.165) is 12.1 Å². The van der Waals surface area contributed by atoms with Gasteiger partial charge in [-0.2, -0.15) is 5.10 Å². The lowest BCUT2D eigenvalue weighted by Gasteiger charge is -2.06. The van der Waals surface area contributed by atoms with Gasteiger partial charge in [0.15, 0.2) is 5.69 Å². The van der Waals surface area contributed by atoms with Gasteiger partial charge in [-0.1, -0.05) is 18.2 Å². The van der Waals surface area contributed by atoms with E-state index in [1.54, 1.807) is 0 Å². The van der Waals surface area contributed by atoms with E-state index in [1.807, 2.05) is 4.72 Å². The second-order valence-electron chi connectivity index (χ2n) is 6.04. The molecule has 0 aliphatic carbocycles. The molecule has 0 saturated carbocycles. The number of carbonyl (C=O) groups excluding carboxylic acids is 1. The van der Waals surface area contributed by atoms with Crippen LogP contribution in [0.2, 0.25) is 0 Å². The molecule has 1 amide bonds. The van der Waals surface area contributed by atoms with Crippen molar-refractivity contribution >= 4 is 27.3 Å². The van der Waals surface area contributed by atoms with E-state index in [9.17, 15) is 33.4 Å². The molecule has 154 valence electrons. The van der Waals surface area contributed by atoms with Gasteiger partial charge in [0, 0.05) is 30.5 Å². The number of benzene rings is 2. The minimum atomic E-state index is -4.10. The van der Waals surface area contributed by atoms with Crippen LogP contribution in [-0.4, -0.2) is 34.0 Å². The molecule has 0 aliphatic heterocycles. The molecule has 13 heteroatoms. The molecule has 1 aromatic heterocycles. The Balaban J connectivity index is 1.72. The van der Waals surface area contributed by atoms with Crippen molar-refractivity contribution in [1.82, 2.24) is 14.5 Å². The summed E-state index contributed by atoms with van der Waals surface area (Å²) in [6, 6.07) is 11.7. The van der Waals surface area contributed by atoms with Gasteiger partial charge in [0.05, 0.1) is 21.3 Å². The molecule has 1 heterocycles. The SMILES string of the molecule is O=C(NS(=O)(=O)Cc1ccc([N+](=O)[O-])cc1)c1ccn(-c2cccc([N+](=O)[O-])c2)n1. The molecule has 0 aliphatic rings. The average molecular weight is 431 g/mol. The summed E-state index contributed by atoms with van der Waals surface area (Å²) in [5.41, 5.74) is 0.000316. The van der Waals surface area contributed by atoms with Crippen LogP contribution in [-0.2, 0) is 15.8 Å². The Morgan fingerprint density at radius 2 is 1.67 bits per heavy atom. The van der Waals surface area contributed by atoms with Crippen LogP contribution in [0.5, 0.6) is 0 Å². The maximum Gasteiger partial charge on any atom is 0.285 e.